The van der Waals surface area contributed by atoms with E-state index in [2.05, 4.69) is 4.12 Å². The van der Waals surface area contributed by atoms with Crippen LogP contribution >= 0.6 is 0 Å². The van der Waals surface area contributed by atoms with Crippen LogP contribution in [-0.2, 0) is 14.5 Å². The fourth-order valence-corrected chi connectivity index (χ4v) is 3.20. The van der Waals surface area contributed by atoms with Crippen LogP contribution in [0.1, 0.15) is 27.0 Å². The van der Waals surface area contributed by atoms with Crippen molar-refractivity contribution in [3.63, 3.8) is 0 Å². The molecule has 0 saturated heterocycles. The average molecular weight is 397 g/mol. The number of phenols is 2. The number of ether oxygens (including phenoxy) is 1. The molecular weight excluding hydrogens is 376 g/mol. The third-order valence-electron chi connectivity index (χ3n) is 4.32. The van der Waals surface area contributed by atoms with Gasteiger partial charge in [-0.3, -0.25) is 0 Å². The van der Waals surface area contributed by atoms with Crippen LogP contribution < -0.4 is 0 Å². The van der Waals surface area contributed by atoms with Gasteiger partial charge in [-0.1, -0.05) is 42.5 Å². The van der Waals surface area contributed by atoms with E-state index >= 15 is 0 Å². The first-order chi connectivity index (χ1) is 13.0. The number of hydrogen-bond acceptors (Lipinski definition) is 5. The maximum Gasteiger partial charge on any atom is 0.340 e. The highest BCUT2D eigenvalue weighted by atomic mass is 28.3. The van der Waals surface area contributed by atoms with Crippen molar-refractivity contribution in [1.82, 2.24) is 0 Å². The molecule has 0 aliphatic carbocycles. The molecule has 7 heteroatoms. The molecule has 4 rings (SSSR count). The van der Waals surface area contributed by atoms with Gasteiger partial charge in [-0.25, -0.2) is 4.79 Å². The van der Waals surface area contributed by atoms with E-state index in [1.165, 1.54) is 0 Å². The van der Waals surface area contributed by atoms with Crippen LogP contribution in [0.2, 0.25) is 0 Å². The van der Waals surface area contributed by atoms with Gasteiger partial charge in [0.15, 0.2) is 5.60 Å². The van der Waals surface area contributed by atoms with Gasteiger partial charge in [-0.05, 0) is 30.3 Å². The molecule has 1 heterocycles. The first-order valence-electron chi connectivity index (χ1n) is 8.35. The quantitative estimate of drug-likeness (QED) is 0.502. The van der Waals surface area contributed by atoms with Crippen LogP contribution in [0.5, 0.6) is 11.5 Å². The molecule has 0 saturated carbocycles. The summed E-state index contributed by atoms with van der Waals surface area (Å²) in [5, 5.41) is 19.2. The second kappa shape index (κ2) is 7.79. The molecule has 0 radical (unpaired) electrons. The second-order valence-corrected chi connectivity index (χ2v) is 9.38. The van der Waals surface area contributed by atoms with E-state index in [0.717, 1.165) is 37.7 Å². The topological polar surface area (TPSA) is 76.0 Å². The van der Waals surface area contributed by atoms with E-state index < -0.39 is 11.6 Å². The van der Waals surface area contributed by atoms with Crippen molar-refractivity contribution < 1.29 is 23.9 Å². The van der Waals surface area contributed by atoms with Crippen molar-refractivity contribution >= 4 is 26.9 Å². The second-order valence-electron chi connectivity index (χ2n) is 6.12. The number of phenolic OH excluding ortho intramolecular Hbond substituents is 2. The first-order valence-corrected chi connectivity index (χ1v) is 9.98. The molecule has 0 spiro atoms. The summed E-state index contributed by atoms with van der Waals surface area (Å²) >= 11 is 0. The molecule has 0 aromatic heterocycles. The van der Waals surface area contributed by atoms with Gasteiger partial charge in [-0.15, -0.1) is 0 Å². The minimum atomic E-state index is -1.10. The molecule has 0 bridgehead atoms. The Labute approximate surface area is 163 Å². The van der Waals surface area contributed by atoms with Crippen molar-refractivity contribution in [2.24, 2.45) is 0 Å². The zero-order valence-electron chi connectivity index (χ0n) is 15.0. The van der Waals surface area contributed by atoms with Gasteiger partial charge in [0, 0.05) is 16.7 Å². The van der Waals surface area contributed by atoms with Gasteiger partial charge in [-0.2, -0.15) is 0 Å². The Hall–Kier alpha value is -2.88. The van der Waals surface area contributed by atoms with Crippen LogP contribution in [0.15, 0.2) is 72.8 Å². The lowest BCUT2D eigenvalue weighted by molar-refractivity contribution is 0.0251. The number of fused-ring (bicyclic) bond motifs is 1. The fraction of sp³-hybridized carbons (Fsp3) is 0.0500. The Morgan fingerprint density at radius 3 is 1.70 bits per heavy atom. The fourth-order valence-electron chi connectivity index (χ4n) is 3.20. The van der Waals surface area contributed by atoms with E-state index in [0.29, 0.717) is 5.56 Å². The molecule has 5 nitrogen and oxygen atoms in total. The van der Waals surface area contributed by atoms with Gasteiger partial charge >= 0.3 is 5.97 Å². The first kappa shape index (κ1) is 18.9. The minimum absolute atomic E-state index is 0.136. The van der Waals surface area contributed by atoms with Crippen molar-refractivity contribution in [2.45, 2.75) is 5.60 Å². The van der Waals surface area contributed by atoms with Crippen molar-refractivity contribution in [2.75, 3.05) is 0 Å². The van der Waals surface area contributed by atoms with Crippen molar-refractivity contribution in [1.29, 1.82) is 0 Å². The molecule has 0 unspecified atom stereocenters. The highest BCUT2D eigenvalue weighted by Gasteiger charge is 2.48. The highest BCUT2D eigenvalue weighted by Crippen LogP contribution is 2.47. The molecule has 0 amide bonds. The highest BCUT2D eigenvalue weighted by molar-refractivity contribution is 6.15. The monoisotopic (exact) mass is 396 g/mol. The summed E-state index contributed by atoms with van der Waals surface area (Å²) < 4.78 is 10.4. The van der Waals surface area contributed by atoms with E-state index in [1.54, 1.807) is 60.7 Å². The summed E-state index contributed by atoms with van der Waals surface area (Å²) in [4.78, 5) is 12.4. The molecule has 0 atom stereocenters. The smallest absolute Gasteiger partial charge is 0.340 e. The molecule has 3 aromatic rings. The van der Waals surface area contributed by atoms with Crippen molar-refractivity contribution in [3.8, 4) is 11.5 Å². The van der Waals surface area contributed by atoms with Gasteiger partial charge in [0.2, 0.25) is 0 Å². The normalized spacial score (nSPS) is 14.1. The van der Waals surface area contributed by atoms with Gasteiger partial charge < -0.3 is 19.1 Å². The summed E-state index contributed by atoms with van der Waals surface area (Å²) in [7, 11) is 1.86. The van der Waals surface area contributed by atoms with Crippen LogP contribution in [-0.4, -0.2) is 37.2 Å². The number of hydrogen-bond donors (Lipinski definition) is 2. The number of carbonyl (C=O) groups excluding carboxylic acids is 1. The van der Waals surface area contributed by atoms with Crippen LogP contribution in [0, 0.1) is 0 Å². The van der Waals surface area contributed by atoms with E-state index in [9.17, 15) is 15.0 Å². The maximum atomic E-state index is 12.4. The number of aromatic hydroxyl groups is 2. The number of esters is 1. The molecule has 0 fully saturated rings. The van der Waals surface area contributed by atoms with E-state index in [1.807, 2.05) is 12.1 Å². The summed E-state index contributed by atoms with van der Waals surface area (Å²) in [6.07, 6.45) is 0. The summed E-state index contributed by atoms with van der Waals surface area (Å²) in [6, 6.07) is 20.4. The predicted octanol–water partition coefficient (Wildman–Crippen LogP) is 1.12. The lowest BCUT2D eigenvalue weighted by Gasteiger charge is -2.30. The third-order valence-corrected chi connectivity index (χ3v) is 4.32. The molecule has 3 aromatic carbocycles. The molecule has 27 heavy (non-hydrogen) atoms. The van der Waals surface area contributed by atoms with E-state index in [-0.39, 0.29) is 11.5 Å². The minimum Gasteiger partial charge on any atom is -0.508 e. The molecule has 1 aliphatic heterocycles. The Bertz CT molecular complexity index is 894. The number of benzene rings is 3. The number of cyclic esters (lactones) is 1. The lowest BCUT2D eigenvalue weighted by Crippen LogP contribution is -2.29. The Morgan fingerprint density at radius 2 is 1.22 bits per heavy atom. The molecular formula is C20H20O5Si2. The summed E-state index contributed by atoms with van der Waals surface area (Å²) in [5.41, 5.74) is 1.60. The zero-order valence-corrected chi connectivity index (χ0v) is 19.0. The third kappa shape index (κ3) is 3.40. The summed E-state index contributed by atoms with van der Waals surface area (Å²) in [5.74, 6) is -0.124. The predicted molar refractivity (Wildman–Crippen MR) is 109 cm³/mol. The Balaban J connectivity index is 0.000000659. The largest absolute Gasteiger partial charge is 0.508 e. The lowest BCUT2D eigenvalue weighted by atomic mass is 9.80. The number of rotatable bonds is 2. The zero-order chi connectivity index (χ0) is 19.4. The molecule has 1 aliphatic rings. The van der Waals surface area contributed by atoms with Crippen molar-refractivity contribution in [3.05, 3.63) is 95.1 Å². The Morgan fingerprint density at radius 1 is 0.778 bits per heavy atom. The molecule has 138 valence electrons. The Kier molecular flexibility index (Phi) is 5.45. The number of carbonyl (C=O) groups is 1. The summed E-state index contributed by atoms with van der Waals surface area (Å²) in [6.45, 7) is 0. The van der Waals surface area contributed by atoms with Gasteiger partial charge in [0.1, 0.15) is 32.5 Å². The average Bonchev–Trinajstić information content (AvgIpc) is 2.98. The van der Waals surface area contributed by atoms with E-state index in [4.69, 9.17) is 4.74 Å². The molecule has 2 N–H and O–H groups in total. The SMILES string of the molecule is O=C1OC(c2ccc(O)cc2)(c2ccc(O)cc2)c2ccccc21.[SiH3]O[SiH3]. The standard InChI is InChI=1S/C20H14O4.H6OSi2/c21-15-9-5-13(6-10-15)20(14-7-11-16(22)12-8-14)18-4-2-1-3-17(18)19(23)24-20;2-1-3/h1-12,21-22H;2-3H3. The van der Waals surface area contributed by atoms with Gasteiger partial charge in [0.05, 0.1) is 5.56 Å². The van der Waals surface area contributed by atoms with Crippen LogP contribution in [0.4, 0.5) is 0 Å². The van der Waals surface area contributed by atoms with Gasteiger partial charge in [0.25, 0.3) is 0 Å². The van der Waals surface area contributed by atoms with Crippen LogP contribution in [0.3, 0.4) is 0 Å². The maximum absolute atomic E-state index is 12.4. The van der Waals surface area contributed by atoms with Crippen LogP contribution in [0.25, 0.3) is 0 Å².